The van der Waals surface area contributed by atoms with E-state index in [9.17, 15) is 14.7 Å². The summed E-state index contributed by atoms with van der Waals surface area (Å²) in [5.74, 6) is -1.78. The molecule has 3 aliphatic rings. The van der Waals surface area contributed by atoms with Gasteiger partial charge in [-0.05, 0) is 39.7 Å². The van der Waals surface area contributed by atoms with Crippen molar-refractivity contribution in [2.24, 2.45) is 5.92 Å². The van der Waals surface area contributed by atoms with Gasteiger partial charge >= 0.3 is 11.9 Å². The number of aliphatic hydroxyl groups excluding tert-OH is 1. The molecule has 0 aromatic rings. The lowest BCUT2D eigenvalue weighted by molar-refractivity contribution is -0.255. The van der Waals surface area contributed by atoms with Crippen molar-refractivity contribution in [1.29, 1.82) is 0 Å². The zero-order valence-electron chi connectivity index (χ0n) is 17.0. The molecule has 2 bridgehead atoms. The summed E-state index contributed by atoms with van der Waals surface area (Å²) in [5.41, 5.74) is 0.289. The van der Waals surface area contributed by atoms with Crippen LogP contribution in [0.1, 0.15) is 47.0 Å². The van der Waals surface area contributed by atoms with Gasteiger partial charge < -0.3 is 24.1 Å². The first-order valence-electron chi connectivity index (χ1n) is 9.57. The predicted molar refractivity (Wildman–Crippen MR) is 99.8 cm³/mol. The number of aliphatic hydroxyl groups is 1. The highest BCUT2D eigenvalue weighted by Gasteiger charge is 2.53. The first-order valence-corrected chi connectivity index (χ1v) is 9.57. The number of esters is 2. The van der Waals surface area contributed by atoms with E-state index in [0.717, 1.165) is 0 Å². The van der Waals surface area contributed by atoms with Crippen LogP contribution in [0.3, 0.4) is 0 Å². The zero-order valence-corrected chi connectivity index (χ0v) is 17.0. The summed E-state index contributed by atoms with van der Waals surface area (Å²) in [5, 5.41) is 9.78. The SMILES string of the molecule is C/C=C(\C)C(=O)OC1CC(C)C2(OC)CCC(C)(/C=C3/OC(=O)C(CO)=C31)O2. The summed E-state index contributed by atoms with van der Waals surface area (Å²) in [4.78, 5) is 24.8. The third-order valence-corrected chi connectivity index (χ3v) is 6.00. The lowest BCUT2D eigenvalue weighted by Crippen LogP contribution is -2.42. The van der Waals surface area contributed by atoms with Crippen LogP contribution in [0.25, 0.3) is 0 Å². The maximum absolute atomic E-state index is 12.5. The Morgan fingerprint density at radius 2 is 2.14 bits per heavy atom. The van der Waals surface area contributed by atoms with Crippen molar-refractivity contribution in [3.8, 4) is 0 Å². The summed E-state index contributed by atoms with van der Waals surface area (Å²) in [6.07, 6.45) is 4.36. The van der Waals surface area contributed by atoms with Crippen LogP contribution in [0, 0.1) is 5.92 Å². The zero-order chi connectivity index (χ0) is 20.7. The number of methoxy groups -OCH3 is 1. The van der Waals surface area contributed by atoms with Crippen molar-refractivity contribution < 1.29 is 33.6 Å². The largest absolute Gasteiger partial charge is 0.454 e. The van der Waals surface area contributed by atoms with Crippen LogP contribution in [-0.2, 0) is 28.5 Å². The van der Waals surface area contributed by atoms with Crippen molar-refractivity contribution in [2.75, 3.05) is 13.7 Å². The van der Waals surface area contributed by atoms with Crippen LogP contribution in [0.15, 0.2) is 34.6 Å². The highest BCUT2D eigenvalue weighted by Crippen LogP contribution is 2.49. The molecule has 4 atom stereocenters. The molecule has 28 heavy (non-hydrogen) atoms. The monoisotopic (exact) mass is 392 g/mol. The van der Waals surface area contributed by atoms with Crippen LogP contribution in [0.4, 0.5) is 0 Å². The van der Waals surface area contributed by atoms with Gasteiger partial charge in [0.2, 0.25) is 0 Å². The number of allylic oxidation sites excluding steroid dienone is 1. The Labute approximate surface area is 165 Å². The molecule has 1 saturated heterocycles. The maximum atomic E-state index is 12.5. The van der Waals surface area contributed by atoms with Gasteiger partial charge in [-0.2, -0.15) is 0 Å². The summed E-state index contributed by atoms with van der Waals surface area (Å²) in [6, 6.07) is 0. The number of rotatable bonds is 4. The minimum atomic E-state index is -0.825. The van der Waals surface area contributed by atoms with Crippen LogP contribution in [0.2, 0.25) is 0 Å². The average molecular weight is 392 g/mol. The summed E-state index contributed by atoms with van der Waals surface area (Å²) in [6.45, 7) is 6.80. The molecule has 0 spiro atoms. The van der Waals surface area contributed by atoms with E-state index in [1.807, 2.05) is 13.8 Å². The van der Waals surface area contributed by atoms with E-state index in [1.54, 1.807) is 33.1 Å². The number of fused-ring (bicyclic) bond motifs is 3. The molecule has 0 aliphatic carbocycles. The van der Waals surface area contributed by atoms with Gasteiger partial charge in [0.15, 0.2) is 5.79 Å². The number of ether oxygens (including phenoxy) is 4. The predicted octanol–water partition coefficient (Wildman–Crippen LogP) is 2.55. The van der Waals surface area contributed by atoms with Crippen LogP contribution in [-0.4, -0.2) is 48.3 Å². The molecule has 7 heteroatoms. The normalized spacial score (nSPS) is 37.4. The van der Waals surface area contributed by atoms with Gasteiger partial charge in [0.25, 0.3) is 0 Å². The third kappa shape index (κ3) is 3.43. The second-order valence-electron chi connectivity index (χ2n) is 7.88. The molecular weight excluding hydrogens is 364 g/mol. The van der Waals surface area contributed by atoms with Gasteiger partial charge in [0, 0.05) is 30.6 Å². The Balaban J connectivity index is 2.12. The van der Waals surface area contributed by atoms with Crippen molar-refractivity contribution in [3.63, 3.8) is 0 Å². The van der Waals surface area contributed by atoms with Crippen LogP contribution >= 0.6 is 0 Å². The fourth-order valence-electron chi connectivity index (χ4n) is 4.14. The molecule has 0 saturated carbocycles. The molecule has 3 heterocycles. The van der Waals surface area contributed by atoms with Crippen LogP contribution < -0.4 is 0 Å². The summed E-state index contributed by atoms with van der Waals surface area (Å²) >= 11 is 0. The van der Waals surface area contributed by atoms with Crippen molar-refractivity contribution in [1.82, 2.24) is 0 Å². The van der Waals surface area contributed by atoms with Gasteiger partial charge in [-0.1, -0.05) is 13.0 Å². The number of hydrogen-bond acceptors (Lipinski definition) is 7. The average Bonchev–Trinajstić information content (AvgIpc) is 3.17. The first kappa shape index (κ1) is 20.8. The van der Waals surface area contributed by atoms with Gasteiger partial charge in [-0.3, -0.25) is 0 Å². The van der Waals surface area contributed by atoms with E-state index in [0.29, 0.717) is 30.4 Å². The second kappa shape index (κ2) is 7.46. The quantitative estimate of drug-likeness (QED) is 0.581. The van der Waals surface area contributed by atoms with Gasteiger partial charge in [0.1, 0.15) is 11.9 Å². The summed E-state index contributed by atoms with van der Waals surface area (Å²) in [7, 11) is 1.61. The molecule has 154 valence electrons. The molecule has 4 unspecified atom stereocenters. The van der Waals surface area contributed by atoms with Gasteiger partial charge in [-0.25, -0.2) is 9.59 Å². The topological polar surface area (TPSA) is 91.3 Å². The summed E-state index contributed by atoms with van der Waals surface area (Å²) < 4.78 is 23.3. The number of carbonyl (C=O) groups excluding carboxylic acids is 2. The first-order chi connectivity index (χ1) is 13.2. The Bertz CT molecular complexity index is 778. The molecule has 0 aromatic carbocycles. The van der Waals surface area contributed by atoms with E-state index >= 15 is 0 Å². The molecular formula is C21H28O7. The molecule has 3 aliphatic heterocycles. The van der Waals surface area contributed by atoms with Gasteiger partial charge in [-0.15, -0.1) is 0 Å². The Morgan fingerprint density at radius 3 is 2.75 bits per heavy atom. The Hall–Kier alpha value is -1.96. The minimum absolute atomic E-state index is 0.113. The van der Waals surface area contributed by atoms with Gasteiger partial charge in [0.05, 0.1) is 17.8 Å². The van der Waals surface area contributed by atoms with Crippen molar-refractivity contribution in [3.05, 3.63) is 34.6 Å². The van der Waals surface area contributed by atoms with Crippen LogP contribution in [0.5, 0.6) is 0 Å². The second-order valence-corrected chi connectivity index (χ2v) is 7.88. The lowest BCUT2D eigenvalue weighted by atomic mass is 9.85. The number of hydrogen-bond donors (Lipinski definition) is 1. The molecule has 1 fully saturated rings. The minimum Gasteiger partial charge on any atom is -0.454 e. The molecule has 1 N–H and O–H groups in total. The third-order valence-electron chi connectivity index (χ3n) is 6.00. The maximum Gasteiger partial charge on any atom is 0.342 e. The highest BCUT2D eigenvalue weighted by atomic mass is 16.7. The standard InChI is InChI=1S/C21H28O7/c1-6-12(2)18(23)26-15-9-13(3)21(25-5)8-7-20(4,28-21)10-16-17(15)14(11-22)19(24)27-16/h6,10,13,15,22H,7-9,11H2,1-5H3/b12-6+,16-10+. The van der Waals surface area contributed by atoms with Crippen molar-refractivity contribution in [2.45, 2.75) is 64.4 Å². The Morgan fingerprint density at radius 1 is 1.43 bits per heavy atom. The fraction of sp³-hybridized carbons (Fsp3) is 0.619. The van der Waals surface area contributed by atoms with Crippen molar-refractivity contribution >= 4 is 11.9 Å². The fourth-order valence-corrected chi connectivity index (χ4v) is 4.14. The Kier molecular flexibility index (Phi) is 5.53. The molecule has 7 nitrogen and oxygen atoms in total. The number of carbonyl (C=O) groups is 2. The van der Waals surface area contributed by atoms with E-state index < -0.39 is 36.0 Å². The molecule has 3 rings (SSSR count). The van der Waals surface area contributed by atoms with E-state index in [4.69, 9.17) is 18.9 Å². The molecule has 0 amide bonds. The molecule has 0 radical (unpaired) electrons. The van der Waals surface area contributed by atoms with E-state index in [-0.39, 0.29) is 17.3 Å². The molecule has 0 aromatic heterocycles. The highest BCUT2D eigenvalue weighted by molar-refractivity contribution is 5.95. The van der Waals surface area contributed by atoms with E-state index in [2.05, 4.69) is 0 Å². The van der Waals surface area contributed by atoms with E-state index in [1.165, 1.54) is 0 Å². The lowest BCUT2D eigenvalue weighted by Gasteiger charge is -2.36. The smallest absolute Gasteiger partial charge is 0.342 e.